The standard InChI is InChI=1S/C32H46N4O6/c1-7-11-24-31(38)33-15-10-13-22-12-8-9-14-26(22)42-19-25(23-17-28(41-6)27(40-5)16-21(23)4)34-18-29(37)36-30(20(2)3)32(39)35-24/h8-9,12,14,16-17,20,24-25,30,34H,7,10-11,13,15,18-19H2,1-6H3,(H,33,38)(H,35,39)(H,36,37)/t24-,25?,30+/m0/s1. The molecule has 1 unspecified atom stereocenters. The molecule has 0 radical (unpaired) electrons. The summed E-state index contributed by atoms with van der Waals surface area (Å²) in [5.41, 5.74) is 2.86. The van der Waals surface area contributed by atoms with Gasteiger partial charge in [0.15, 0.2) is 11.5 Å². The number of amides is 3. The molecule has 3 atom stereocenters. The van der Waals surface area contributed by atoms with Gasteiger partial charge in [-0.05, 0) is 67.0 Å². The quantitative estimate of drug-likeness (QED) is 0.412. The van der Waals surface area contributed by atoms with E-state index in [1.807, 2.05) is 64.1 Å². The third-order valence-electron chi connectivity index (χ3n) is 7.43. The number of aryl methyl sites for hydroxylation is 2. The Labute approximate surface area is 249 Å². The molecule has 3 amide bonds. The minimum Gasteiger partial charge on any atom is -0.493 e. The Morgan fingerprint density at radius 1 is 1.00 bits per heavy atom. The Morgan fingerprint density at radius 2 is 1.71 bits per heavy atom. The lowest BCUT2D eigenvalue weighted by Crippen LogP contribution is -2.56. The molecule has 0 fully saturated rings. The number of rotatable bonds is 6. The van der Waals surface area contributed by atoms with Gasteiger partial charge in [0.25, 0.3) is 0 Å². The Kier molecular flexibility index (Phi) is 12.5. The maximum atomic E-state index is 13.3. The molecule has 0 bridgehead atoms. The van der Waals surface area contributed by atoms with Crippen LogP contribution in [0.25, 0.3) is 0 Å². The van der Waals surface area contributed by atoms with Gasteiger partial charge in [0, 0.05) is 6.54 Å². The Balaban J connectivity index is 1.94. The van der Waals surface area contributed by atoms with Gasteiger partial charge in [0.2, 0.25) is 17.7 Å². The highest BCUT2D eigenvalue weighted by molar-refractivity contribution is 5.92. The normalized spacial score (nSPS) is 21.1. The number of hydrogen-bond acceptors (Lipinski definition) is 7. The lowest BCUT2D eigenvalue weighted by Gasteiger charge is -2.27. The fourth-order valence-electron chi connectivity index (χ4n) is 5.06. The van der Waals surface area contributed by atoms with Gasteiger partial charge in [-0.25, -0.2) is 0 Å². The minimum absolute atomic E-state index is 0.0567. The first-order chi connectivity index (χ1) is 20.2. The van der Waals surface area contributed by atoms with Gasteiger partial charge in [-0.1, -0.05) is 45.4 Å². The molecular weight excluding hydrogens is 536 g/mol. The maximum Gasteiger partial charge on any atom is 0.243 e. The Morgan fingerprint density at radius 3 is 2.40 bits per heavy atom. The number of ether oxygens (including phenoxy) is 3. The lowest BCUT2D eigenvalue weighted by atomic mass is 10.00. The van der Waals surface area contributed by atoms with Crippen molar-refractivity contribution in [3.05, 3.63) is 53.1 Å². The third-order valence-corrected chi connectivity index (χ3v) is 7.43. The number of benzene rings is 2. The zero-order valence-electron chi connectivity index (χ0n) is 25.7. The van der Waals surface area contributed by atoms with Crippen molar-refractivity contribution in [1.82, 2.24) is 21.3 Å². The van der Waals surface area contributed by atoms with Gasteiger partial charge in [-0.15, -0.1) is 0 Å². The molecule has 10 nitrogen and oxygen atoms in total. The molecule has 1 heterocycles. The van der Waals surface area contributed by atoms with E-state index in [0.717, 1.165) is 28.9 Å². The van der Waals surface area contributed by atoms with E-state index in [1.165, 1.54) is 0 Å². The Bertz CT molecular complexity index is 1220. The van der Waals surface area contributed by atoms with E-state index >= 15 is 0 Å². The number of carbonyl (C=O) groups is 3. The van der Waals surface area contributed by atoms with Crippen LogP contribution in [-0.2, 0) is 20.8 Å². The second-order valence-electron chi connectivity index (χ2n) is 10.9. The van der Waals surface area contributed by atoms with Crippen LogP contribution in [0.2, 0.25) is 0 Å². The zero-order valence-corrected chi connectivity index (χ0v) is 25.7. The highest BCUT2D eigenvalue weighted by atomic mass is 16.5. The largest absolute Gasteiger partial charge is 0.493 e. The summed E-state index contributed by atoms with van der Waals surface area (Å²) in [5, 5.41) is 12.0. The molecule has 10 heteroatoms. The summed E-state index contributed by atoms with van der Waals surface area (Å²) in [4.78, 5) is 39.4. The smallest absolute Gasteiger partial charge is 0.243 e. The van der Waals surface area contributed by atoms with Crippen molar-refractivity contribution >= 4 is 17.7 Å². The molecule has 0 aromatic heterocycles. The summed E-state index contributed by atoms with van der Waals surface area (Å²) in [6.45, 7) is 8.30. The van der Waals surface area contributed by atoms with Crippen molar-refractivity contribution in [1.29, 1.82) is 0 Å². The number of methoxy groups -OCH3 is 2. The fourth-order valence-corrected chi connectivity index (χ4v) is 5.06. The molecule has 2 aromatic rings. The summed E-state index contributed by atoms with van der Waals surface area (Å²) in [6, 6.07) is 9.78. The minimum atomic E-state index is -0.797. The first-order valence-corrected chi connectivity index (χ1v) is 14.7. The molecule has 0 aliphatic carbocycles. The van der Waals surface area contributed by atoms with Crippen LogP contribution in [0.3, 0.4) is 0 Å². The first-order valence-electron chi connectivity index (χ1n) is 14.7. The average molecular weight is 583 g/mol. The highest BCUT2D eigenvalue weighted by Crippen LogP contribution is 2.33. The SMILES string of the molecule is CCC[C@@H]1NC(=O)[C@@H](C(C)C)NC(=O)CNC(c2cc(OC)c(OC)cc2C)COc2ccccc2CCCNC1=O. The number of carbonyl (C=O) groups excluding carboxylic acids is 3. The molecule has 4 N–H and O–H groups in total. The van der Waals surface area contributed by atoms with Gasteiger partial charge in [0.1, 0.15) is 24.4 Å². The summed E-state index contributed by atoms with van der Waals surface area (Å²) >= 11 is 0. The number of hydrogen-bond donors (Lipinski definition) is 4. The molecule has 1 aliphatic rings. The van der Waals surface area contributed by atoms with Crippen LogP contribution in [-0.4, -0.2) is 63.7 Å². The van der Waals surface area contributed by atoms with E-state index < -0.39 is 12.1 Å². The van der Waals surface area contributed by atoms with E-state index in [0.29, 0.717) is 37.3 Å². The van der Waals surface area contributed by atoms with Crippen molar-refractivity contribution in [2.24, 2.45) is 5.92 Å². The molecule has 3 rings (SSSR count). The third kappa shape index (κ3) is 8.85. The second-order valence-corrected chi connectivity index (χ2v) is 10.9. The average Bonchev–Trinajstić information content (AvgIpc) is 2.97. The number of para-hydroxylation sites is 1. The number of fused-ring (bicyclic) bond motifs is 1. The van der Waals surface area contributed by atoms with E-state index in [9.17, 15) is 14.4 Å². The van der Waals surface area contributed by atoms with Crippen LogP contribution in [0, 0.1) is 12.8 Å². The lowest BCUT2D eigenvalue weighted by molar-refractivity contribution is -0.133. The molecule has 0 saturated carbocycles. The molecule has 0 spiro atoms. The first kappa shape index (κ1) is 32.7. The van der Waals surface area contributed by atoms with Crippen LogP contribution in [0.1, 0.15) is 62.8 Å². The summed E-state index contributed by atoms with van der Waals surface area (Å²) in [5.74, 6) is 0.803. The van der Waals surface area contributed by atoms with Crippen molar-refractivity contribution in [3.63, 3.8) is 0 Å². The van der Waals surface area contributed by atoms with E-state index in [2.05, 4.69) is 21.3 Å². The number of nitrogens with one attached hydrogen (secondary N) is 4. The van der Waals surface area contributed by atoms with Crippen LogP contribution < -0.4 is 35.5 Å². The molecule has 2 aromatic carbocycles. The summed E-state index contributed by atoms with van der Waals surface area (Å²) < 4.78 is 17.4. The predicted octanol–water partition coefficient (Wildman–Crippen LogP) is 3.21. The second kappa shape index (κ2) is 16.0. The van der Waals surface area contributed by atoms with Crippen molar-refractivity contribution in [2.75, 3.05) is 33.9 Å². The molecular formula is C32H46N4O6. The van der Waals surface area contributed by atoms with Crippen LogP contribution in [0.4, 0.5) is 0 Å². The topological polar surface area (TPSA) is 127 Å². The van der Waals surface area contributed by atoms with Gasteiger partial charge in [0.05, 0.1) is 26.8 Å². The van der Waals surface area contributed by atoms with E-state index in [1.54, 1.807) is 14.2 Å². The van der Waals surface area contributed by atoms with Crippen LogP contribution >= 0.6 is 0 Å². The summed E-state index contributed by atoms with van der Waals surface area (Å²) in [7, 11) is 3.17. The predicted molar refractivity (Wildman–Crippen MR) is 162 cm³/mol. The van der Waals surface area contributed by atoms with Gasteiger partial charge < -0.3 is 30.2 Å². The van der Waals surface area contributed by atoms with Crippen LogP contribution in [0.5, 0.6) is 17.2 Å². The van der Waals surface area contributed by atoms with Crippen molar-refractivity contribution in [2.45, 2.75) is 71.5 Å². The molecule has 1 aliphatic heterocycles. The van der Waals surface area contributed by atoms with Gasteiger partial charge in [-0.2, -0.15) is 0 Å². The molecule has 230 valence electrons. The van der Waals surface area contributed by atoms with Crippen LogP contribution in [0.15, 0.2) is 36.4 Å². The van der Waals surface area contributed by atoms with Gasteiger partial charge >= 0.3 is 0 Å². The molecule has 0 saturated heterocycles. The fraction of sp³-hybridized carbons (Fsp3) is 0.531. The van der Waals surface area contributed by atoms with Crippen molar-refractivity contribution < 1.29 is 28.6 Å². The van der Waals surface area contributed by atoms with E-state index in [-0.39, 0.29) is 42.8 Å². The monoisotopic (exact) mass is 582 g/mol. The van der Waals surface area contributed by atoms with E-state index in [4.69, 9.17) is 14.2 Å². The van der Waals surface area contributed by atoms with Crippen molar-refractivity contribution in [3.8, 4) is 17.2 Å². The Hall–Kier alpha value is -3.79. The maximum absolute atomic E-state index is 13.3. The summed E-state index contributed by atoms with van der Waals surface area (Å²) in [6.07, 6.45) is 2.64. The highest BCUT2D eigenvalue weighted by Gasteiger charge is 2.29. The molecule has 42 heavy (non-hydrogen) atoms. The van der Waals surface area contributed by atoms with Gasteiger partial charge in [-0.3, -0.25) is 19.7 Å². The zero-order chi connectivity index (χ0) is 30.6.